The van der Waals surface area contributed by atoms with Gasteiger partial charge in [0.15, 0.2) is 0 Å². The first-order valence-electron chi connectivity index (χ1n) is 6.26. The third kappa shape index (κ3) is 1.90. The van der Waals surface area contributed by atoms with Crippen molar-refractivity contribution in [1.29, 1.82) is 0 Å². The van der Waals surface area contributed by atoms with Gasteiger partial charge in [-0.25, -0.2) is 18.3 Å². The van der Waals surface area contributed by atoms with Crippen LogP contribution in [0.1, 0.15) is 0 Å². The zero-order valence-corrected chi connectivity index (χ0v) is 10.6. The number of rotatable bonds is 2. The van der Waals surface area contributed by atoms with Crippen LogP contribution < -0.4 is 5.32 Å². The molecule has 0 aliphatic carbocycles. The molecule has 0 radical (unpaired) electrons. The van der Waals surface area contributed by atoms with E-state index in [-0.39, 0.29) is 11.6 Å². The highest BCUT2D eigenvalue weighted by molar-refractivity contribution is 5.79. The Morgan fingerprint density at radius 2 is 1.90 bits per heavy atom. The molecule has 5 nitrogen and oxygen atoms in total. The van der Waals surface area contributed by atoms with E-state index in [1.165, 1.54) is 0 Å². The largest absolute Gasteiger partial charge is 0.322 e. The Bertz CT molecular complexity index is 956. The fraction of sp³-hybridized carbons (Fsp3) is 0. The van der Waals surface area contributed by atoms with E-state index in [1.807, 2.05) is 24.3 Å². The number of benzene rings is 2. The van der Waals surface area contributed by atoms with Gasteiger partial charge in [0.2, 0.25) is 5.95 Å². The van der Waals surface area contributed by atoms with Gasteiger partial charge in [0.25, 0.3) is 5.78 Å². The van der Waals surface area contributed by atoms with E-state index in [9.17, 15) is 8.78 Å². The molecule has 104 valence electrons. The Labute approximate surface area is 117 Å². The number of hydrogen-bond donors (Lipinski definition) is 2. The number of anilines is 2. The summed E-state index contributed by atoms with van der Waals surface area (Å²) in [5.41, 5.74) is 1.67. The fourth-order valence-electron chi connectivity index (χ4n) is 2.21. The summed E-state index contributed by atoms with van der Waals surface area (Å²) < 4.78 is 28.4. The predicted octanol–water partition coefficient (Wildman–Crippen LogP) is 3.23. The summed E-state index contributed by atoms with van der Waals surface area (Å²) in [6.07, 6.45) is 0. The Hall–Kier alpha value is -2.96. The first-order chi connectivity index (χ1) is 10.2. The monoisotopic (exact) mass is 285 g/mol. The minimum absolute atomic E-state index is 0.0105. The topological polar surface area (TPSA) is 58.0 Å². The molecular weight excluding hydrogens is 276 g/mol. The van der Waals surface area contributed by atoms with Gasteiger partial charge < -0.3 is 5.32 Å². The molecule has 7 heteroatoms. The maximum atomic E-state index is 13.6. The highest BCUT2D eigenvalue weighted by atomic mass is 19.1. The van der Waals surface area contributed by atoms with Crippen LogP contribution in [-0.4, -0.2) is 19.6 Å². The molecule has 0 aliphatic rings. The number of imidazole rings is 1. The number of para-hydroxylation sites is 2. The predicted molar refractivity (Wildman–Crippen MR) is 74.5 cm³/mol. The standard InChI is InChI=1S/C14H9F2N5/c15-8-5-6-9(16)11(7-8)17-13-19-14-18-10-3-1-2-4-12(10)21(14)20-13/h1-7H,(H2,17,18,19,20). The minimum atomic E-state index is -0.560. The number of nitrogens with one attached hydrogen (secondary N) is 2. The van der Waals surface area contributed by atoms with Crippen LogP contribution in [0.25, 0.3) is 16.8 Å². The van der Waals surface area contributed by atoms with E-state index in [4.69, 9.17) is 0 Å². The molecular formula is C14H9F2N5. The summed E-state index contributed by atoms with van der Waals surface area (Å²) in [4.78, 5) is 8.54. The zero-order chi connectivity index (χ0) is 14.4. The maximum absolute atomic E-state index is 13.6. The normalized spacial score (nSPS) is 11.3. The lowest BCUT2D eigenvalue weighted by Gasteiger charge is -2.03. The molecule has 0 saturated heterocycles. The molecule has 4 aromatic rings. The van der Waals surface area contributed by atoms with Gasteiger partial charge in [-0.05, 0) is 24.3 Å². The van der Waals surface area contributed by atoms with Gasteiger partial charge in [0, 0.05) is 6.07 Å². The third-order valence-electron chi connectivity index (χ3n) is 3.15. The smallest absolute Gasteiger partial charge is 0.253 e. The quantitative estimate of drug-likeness (QED) is 0.594. The van der Waals surface area contributed by atoms with Gasteiger partial charge in [0.05, 0.1) is 16.7 Å². The van der Waals surface area contributed by atoms with Crippen molar-refractivity contribution in [2.45, 2.75) is 0 Å². The maximum Gasteiger partial charge on any atom is 0.253 e. The Balaban J connectivity index is 1.79. The van der Waals surface area contributed by atoms with Crippen LogP contribution in [0.5, 0.6) is 0 Å². The summed E-state index contributed by atoms with van der Waals surface area (Å²) in [6, 6.07) is 10.7. The molecule has 0 amide bonds. The lowest BCUT2D eigenvalue weighted by molar-refractivity contribution is 0.603. The van der Waals surface area contributed by atoms with E-state index in [0.717, 1.165) is 29.2 Å². The molecule has 0 fully saturated rings. The average molecular weight is 285 g/mol. The first-order valence-corrected chi connectivity index (χ1v) is 6.26. The van der Waals surface area contributed by atoms with Crippen LogP contribution in [0.15, 0.2) is 42.5 Å². The summed E-state index contributed by atoms with van der Waals surface area (Å²) in [7, 11) is 0. The average Bonchev–Trinajstić information content (AvgIpc) is 3.00. The van der Waals surface area contributed by atoms with Gasteiger partial charge in [-0.15, -0.1) is 0 Å². The van der Waals surface area contributed by atoms with Crippen molar-refractivity contribution in [2.24, 2.45) is 0 Å². The molecule has 21 heavy (non-hydrogen) atoms. The van der Waals surface area contributed by atoms with Crippen molar-refractivity contribution in [1.82, 2.24) is 19.6 Å². The SMILES string of the molecule is Fc1ccc(F)c(Nc2nc3nc4ccccc4n3[nH]2)c1. The molecule has 4 rings (SSSR count). The fourth-order valence-corrected chi connectivity index (χ4v) is 2.21. The number of nitrogens with zero attached hydrogens (tertiary/aromatic N) is 3. The summed E-state index contributed by atoms with van der Waals surface area (Å²) >= 11 is 0. The molecule has 2 N–H and O–H groups in total. The van der Waals surface area contributed by atoms with E-state index in [2.05, 4.69) is 20.4 Å². The van der Waals surface area contributed by atoms with Crippen molar-refractivity contribution >= 4 is 28.4 Å². The summed E-state index contributed by atoms with van der Waals surface area (Å²) in [5, 5.41) is 5.67. The number of halogens is 2. The van der Waals surface area contributed by atoms with E-state index >= 15 is 0 Å². The van der Waals surface area contributed by atoms with Gasteiger partial charge in [-0.2, -0.15) is 4.98 Å². The van der Waals surface area contributed by atoms with Crippen LogP contribution in [0.2, 0.25) is 0 Å². The molecule has 0 saturated carbocycles. The minimum Gasteiger partial charge on any atom is -0.322 e. The second-order valence-corrected chi connectivity index (χ2v) is 4.56. The van der Waals surface area contributed by atoms with Crippen LogP contribution >= 0.6 is 0 Å². The highest BCUT2D eigenvalue weighted by Crippen LogP contribution is 2.21. The zero-order valence-electron chi connectivity index (χ0n) is 10.6. The molecule has 0 bridgehead atoms. The van der Waals surface area contributed by atoms with Gasteiger partial charge in [-0.1, -0.05) is 12.1 Å². The van der Waals surface area contributed by atoms with Crippen LogP contribution in [0.4, 0.5) is 20.4 Å². The first kappa shape index (κ1) is 11.8. The van der Waals surface area contributed by atoms with Gasteiger partial charge in [-0.3, -0.25) is 5.10 Å². The molecule has 2 aromatic carbocycles. The molecule has 0 aliphatic heterocycles. The number of hydrogen-bond acceptors (Lipinski definition) is 3. The Kier molecular flexibility index (Phi) is 2.41. The molecule has 2 heterocycles. The van der Waals surface area contributed by atoms with Crippen molar-refractivity contribution in [3.8, 4) is 0 Å². The van der Waals surface area contributed by atoms with E-state index in [1.54, 1.807) is 4.52 Å². The summed E-state index contributed by atoms with van der Waals surface area (Å²) in [6.45, 7) is 0. The molecule has 0 unspecified atom stereocenters. The molecule has 2 aromatic heterocycles. The van der Waals surface area contributed by atoms with E-state index < -0.39 is 11.6 Å². The highest BCUT2D eigenvalue weighted by Gasteiger charge is 2.11. The second-order valence-electron chi connectivity index (χ2n) is 4.56. The molecule has 0 atom stereocenters. The van der Waals surface area contributed by atoms with Gasteiger partial charge in [0.1, 0.15) is 11.6 Å². The number of H-pyrrole nitrogens is 1. The number of aromatic nitrogens is 4. The summed E-state index contributed by atoms with van der Waals surface area (Å²) in [5.74, 6) is -0.348. The number of aromatic amines is 1. The molecule has 0 spiro atoms. The van der Waals surface area contributed by atoms with Crippen molar-refractivity contribution in [2.75, 3.05) is 5.32 Å². The van der Waals surface area contributed by atoms with Crippen molar-refractivity contribution < 1.29 is 8.78 Å². The third-order valence-corrected chi connectivity index (χ3v) is 3.15. The lowest BCUT2D eigenvalue weighted by Crippen LogP contribution is -1.97. The van der Waals surface area contributed by atoms with Crippen LogP contribution in [0, 0.1) is 11.6 Å². The lowest BCUT2D eigenvalue weighted by atomic mass is 10.3. The Morgan fingerprint density at radius 3 is 2.81 bits per heavy atom. The Morgan fingerprint density at radius 1 is 1.05 bits per heavy atom. The van der Waals surface area contributed by atoms with Crippen LogP contribution in [0.3, 0.4) is 0 Å². The van der Waals surface area contributed by atoms with Crippen molar-refractivity contribution in [3.63, 3.8) is 0 Å². The van der Waals surface area contributed by atoms with Gasteiger partial charge >= 0.3 is 0 Å². The van der Waals surface area contributed by atoms with Crippen LogP contribution in [-0.2, 0) is 0 Å². The number of fused-ring (bicyclic) bond motifs is 3. The second kappa shape index (κ2) is 4.27. The van der Waals surface area contributed by atoms with Crippen molar-refractivity contribution in [3.05, 3.63) is 54.1 Å². The van der Waals surface area contributed by atoms with E-state index in [0.29, 0.717) is 5.78 Å².